The number of aromatic nitrogens is 4. The molecular weight excluding hydrogens is 409 g/mol. The number of aryl methyl sites for hydroxylation is 1. The minimum absolute atomic E-state index is 0.0207. The van der Waals surface area contributed by atoms with Gasteiger partial charge in [-0.05, 0) is 48.9 Å². The predicted octanol–water partition coefficient (Wildman–Crippen LogP) is 3.53. The van der Waals surface area contributed by atoms with Crippen molar-refractivity contribution in [2.45, 2.75) is 12.8 Å². The van der Waals surface area contributed by atoms with E-state index in [4.69, 9.17) is 11.2 Å². The Morgan fingerprint density at radius 3 is 2.75 bits per heavy atom. The molecule has 2 N–H and O–H groups in total. The number of amides is 1. The predicted molar refractivity (Wildman–Crippen MR) is 119 cm³/mol. The zero-order valence-electron chi connectivity index (χ0n) is 17.1. The molecule has 7 nitrogen and oxygen atoms in total. The molecule has 0 fully saturated rings. The van der Waals surface area contributed by atoms with Crippen LogP contribution in [0.4, 0.5) is 4.39 Å². The van der Waals surface area contributed by atoms with E-state index in [0.717, 1.165) is 18.7 Å². The molecule has 0 saturated heterocycles. The quantitative estimate of drug-likeness (QED) is 0.330. The Kier molecular flexibility index (Phi) is 6.37. The van der Waals surface area contributed by atoms with Gasteiger partial charge in [-0.2, -0.15) is 0 Å². The van der Waals surface area contributed by atoms with Crippen molar-refractivity contribution < 1.29 is 13.9 Å². The summed E-state index contributed by atoms with van der Waals surface area (Å²) in [6.45, 7) is 0.538. The number of hydrogen-bond donors (Lipinski definition) is 2. The van der Waals surface area contributed by atoms with E-state index in [1.807, 2.05) is 0 Å². The van der Waals surface area contributed by atoms with Crippen molar-refractivity contribution in [2.75, 3.05) is 13.2 Å². The minimum Gasteiger partial charge on any atom is -0.463 e. The first-order valence-corrected chi connectivity index (χ1v) is 10.0. The number of imidazole rings is 1. The lowest BCUT2D eigenvalue weighted by atomic mass is 10.1. The highest BCUT2D eigenvalue weighted by Gasteiger charge is 2.14. The van der Waals surface area contributed by atoms with Crippen molar-refractivity contribution in [1.82, 2.24) is 25.3 Å². The Morgan fingerprint density at radius 1 is 1.16 bits per heavy atom. The fraction of sp³-hybridized carbons (Fsp3) is 0.167. The number of benzene rings is 2. The molecule has 1 amide bonds. The van der Waals surface area contributed by atoms with Gasteiger partial charge in [0.05, 0.1) is 11.0 Å². The van der Waals surface area contributed by atoms with Crippen LogP contribution in [0.5, 0.6) is 5.88 Å². The molecule has 0 saturated carbocycles. The first-order valence-electron chi connectivity index (χ1n) is 10.0. The second kappa shape index (κ2) is 9.71. The molecule has 0 aliphatic rings. The van der Waals surface area contributed by atoms with Crippen LogP contribution in [-0.2, 0) is 6.42 Å². The van der Waals surface area contributed by atoms with E-state index in [1.54, 1.807) is 42.7 Å². The van der Waals surface area contributed by atoms with Crippen molar-refractivity contribution >= 4 is 16.9 Å². The average Bonchev–Trinajstić information content (AvgIpc) is 3.33. The number of fused-ring (bicyclic) bond motifs is 1. The maximum atomic E-state index is 13.4. The maximum Gasteiger partial charge on any atom is 0.251 e. The normalized spacial score (nSPS) is 10.6. The van der Waals surface area contributed by atoms with Crippen LogP contribution in [0.15, 0.2) is 54.9 Å². The number of rotatable bonds is 8. The van der Waals surface area contributed by atoms with Crippen molar-refractivity contribution in [3.63, 3.8) is 0 Å². The fourth-order valence-corrected chi connectivity index (χ4v) is 3.18. The summed E-state index contributed by atoms with van der Waals surface area (Å²) in [5.41, 5.74) is 2.58. The lowest BCUT2D eigenvalue weighted by Crippen LogP contribution is -2.24. The zero-order valence-corrected chi connectivity index (χ0v) is 17.1. The average molecular weight is 429 g/mol. The van der Waals surface area contributed by atoms with Gasteiger partial charge in [0, 0.05) is 36.5 Å². The molecule has 0 atom stereocenters. The standard InChI is InChI=1S/C24H20FN5O2/c1-2-14-32-24-22(16-5-8-18(25)9-6-16)29-20-15-17(7-10-19(20)30-24)23(31)28-11-3-4-21-26-12-13-27-21/h1,5-10,12-13,15H,3-4,11,14H2,(H,26,27)(H,28,31). The lowest BCUT2D eigenvalue weighted by Gasteiger charge is -2.11. The van der Waals surface area contributed by atoms with Crippen LogP contribution in [0.25, 0.3) is 22.3 Å². The molecule has 0 radical (unpaired) electrons. The minimum atomic E-state index is -0.361. The number of carbonyl (C=O) groups excluding carboxylic acids is 1. The lowest BCUT2D eigenvalue weighted by molar-refractivity contribution is 0.0953. The molecule has 0 unspecified atom stereocenters. The molecule has 2 aromatic carbocycles. The second-order valence-electron chi connectivity index (χ2n) is 6.98. The molecule has 0 spiro atoms. The number of H-pyrrole nitrogens is 1. The van der Waals surface area contributed by atoms with Crippen molar-refractivity contribution in [1.29, 1.82) is 0 Å². The molecule has 32 heavy (non-hydrogen) atoms. The van der Waals surface area contributed by atoms with Gasteiger partial charge in [-0.15, -0.1) is 6.42 Å². The summed E-state index contributed by atoms with van der Waals surface area (Å²) < 4.78 is 18.9. The molecule has 160 valence electrons. The summed E-state index contributed by atoms with van der Waals surface area (Å²) in [4.78, 5) is 28.9. The molecule has 8 heteroatoms. The first-order chi connectivity index (χ1) is 15.6. The molecule has 0 bridgehead atoms. The van der Waals surface area contributed by atoms with Crippen LogP contribution < -0.4 is 10.1 Å². The number of terminal acetylenes is 1. The molecular formula is C24H20FN5O2. The topological polar surface area (TPSA) is 92.8 Å². The highest BCUT2D eigenvalue weighted by Crippen LogP contribution is 2.29. The fourth-order valence-electron chi connectivity index (χ4n) is 3.18. The highest BCUT2D eigenvalue weighted by molar-refractivity contribution is 5.97. The van der Waals surface area contributed by atoms with E-state index in [-0.39, 0.29) is 24.2 Å². The van der Waals surface area contributed by atoms with Crippen molar-refractivity contribution in [3.8, 4) is 29.5 Å². The second-order valence-corrected chi connectivity index (χ2v) is 6.98. The Bertz CT molecular complexity index is 1260. The third kappa shape index (κ3) is 4.90. The third-order valence-electron chi connectivity index (χ3n) is 4.74. The monoisotopic (exact) mass is 429 g/mol. The van der Waals surface area contributed by atoms with Gasteiger partial charge >= 0.3 is 0 Å². The van der Waals surface area contributed by atoms with Gasteiger partial charge in [-0.1, -0.05) is 5.92 Å². The number of carbonyl (C=O) groups is 1. The Hall–Kier alpha value is -4.25. The van der Waals surface area contributed by atoms with Gasteiger partial charge in [-0.25, -0.2) is 19.3 Å². The van der Waals surface area contributed by atoms with Crippen LogP contribution in [0.3, 0.4) is 0 Å². The van der Waals surface area contributed by atoms with E-state index in [1.165, 1.54) is 12.1 Å². The number of hydrogen-bond acceptors (Lipinski definition) is 5. The van der Waals surface area contributed by atoms with Crippen LogP contribution in [-0.4, -0.2) is 39.0 Å². The molecule has 2 heterocycles. The number of halogens is 1. The molecule has 0 aliphatic heterocycles. The summed E-state index contributed by atoms with van der Waals surface area (Å²) in [6, 6.07) is 10.9. The van der Waals surface area contributed by atoms with Gasteiger partial charge in [0.15, 0.2) is 6.61 Å². The summed E-state index contributed by atoms with van der Waals surface area (Å²) >= 11 is 0. The Morgan fingerprint density at radius 2 is 2.00 bits per heavy atom. The van der Waals surface area contributed by atoms with Crippen LogP contribution in [0.2, 0.25) is 0 Å². The van der Waals surface area contributed by atoms with Gasteiger partial charge < -0.3 is 15.0 Å². The van der Waals surface area contributed by atoms with Gasteiger partial charge in [0.2, 0.25) is 5.88 Å². The largest absolute Gasteiger partial charge is 0.463 e. The van der Waals surface area contributed by atoms with E-state index in [9.17, 15) is 9.18 Å². The number of nitrogens with zero attached hydrogens (tertiary/aromatic N) is 3. The zero-order chi connectivity index (χ0) is 22.3. The summed E-state index contributed by atoms with van der Waals surface area (Å²) in [5, 5.41) is 2.90. The number of ether oxygens (including phenoxy) is 1. The van der Waals surface area contributed by atoms with Gasteiger partial charge in [0.1, 0.15) is 17.3 Å². The number of nitrogens with one attached hydrogen (secondary N) is 2. The highest BCUT2D eigenvalue weighted by atomic mass is 19.1. The Labute approximate surface area is 184 Å². The SMILES string of the molecule is C#CCOc1nc2ccc(C(=O)NCCCc3ncc[nH]3)cc2nc1-c1ccc(F)cc1. The summed E-state index contributed by atoms with van der Waals surface area (Å²) in [6.07, 6.45) is 10.3. The van der Waals surface area contributed by atoms with Crippen LogP contribution in [0, 0.1) is 18.2 Å². The van der Waals surface area contributed by atoms with Crippen LogP contribution >= 0.6 is 0 Å². The number of aromatic amines is 1. The van der Waals surface area contributed by atoms with Gasteiger partial charge in [-0.3, -0.25) is 4.79 Å². The molecule has 0 aliphatic carbocycles. The first kappa shape index (κ1) is 21.0. The van der Waals surface area contributed by atoms with Crippen molar-refractivity contribution in [2.24, 2.45) is 0 Å². The third-order valence-corrected chi connectivity index (χ3v) is 4.74. The summed E-state index contributed by atoms with van der Waals surface area (Å²) in [5.74, 6) is 2.97. The van der Waals surface area contributed by atoms with E-state index < -0.39 is 0 Å². The Balaban J connectivity index is 1.56. The van der Waals surface area contributed by atoms with Crippen molar-refractivity contribution in [3.05, 3.63) is 72.1 Å². The van der Waals surface area contributed by atoms with E-state index in [2.05, 4.69) is 31.2 Å². The van der Waals surface area contributed by atoms with Gasteiger partial charge in [0.25, 0.3) is 5.91 Å². The molecule has 2 aromatic heterocycles. The maximum absolute atomic E-state index is 13.4. The summed E-state index contributed by atoms with van der Waals surface area (Å²) in [7, 11) is 0. The van der Waals surface area contributed by atoms with Crippen LogP contribution in [0.1, 0.15) is 22.6 Å². The van der Waals surface area contributed by atoms with E-state index in [0.29, 0.717) is 34.4 Å². The molecule has 4 aromatic rings. The smallest absolute Gasteiger partial charge is 0.251 e. The molecule has 4 rings (SSSR count). The van der Waals surface area contributed by atoms with E-state index >= 15 is 0 Å².